The maximum Gasteiger partial charge on any atom is 0.303 e. The average molecular weight is 320 g/mol. The number of hydrogen-bond acceptors (Lipinski definition) is 4. The van der Waals surface area contributed by atoms with E-state index in [2.05, 4.69) is 0 Å². The van der Waals surface area contributed by atoms with Crippen LogP contribution in [0.1, 0.15) is 20.3 Å². The Hall–Kier alpha value is -2.37. The van der Waals surface area contributed by atoms with E-state index in [4.69, 9.17) is 20.1 Å². The molecule has 23 heavy (non-hydrogen) atoms. The Labute approximate surface area is 136 Å². The van der Waals surface area contributed by atoms with Gasteiger partial charge < -0.3 is 20.1 Å². The van der Waals surface area contributed by atoms with E-state index in [9.17, 15) is 4.79 Å². The van der Waals surface area contributed by atoms with Gasteiger partial charge in [0, 0.05) is 6.42 Å². The molecule has 0 heterocycles. The normalized spacial score (nSPS) is 10.3. The van der Waals surface area contributed by atoms with Gasteiger partial charge in [0.05, 0.1) is 12.7 Å². The summed E-state index contributed by atoms with van der Waals surface area (Å²) >= 11 is 0. The van der Waals surface area contributed by atoms with Gasteiger partial charge in [0.25, 0.3) is 0 Å². The number of benzene rings is 2. The summed E-state index contributed by atoms with van der Waals surface area (Å²) in [4.78, 5) is 9.37. The third-order valence-corrected chi connectivity index (χ3v) is 2.29. The number of rotatable bonds is 4. The number of carboxylic acids is 1. The van der Waals surface area contributed by atoms with Gasteiger partial charge in [0.1, 0.15) is 11.5 Å². The zero-order valence-electron chi connectivity index (χ0n) is 13.4. The third-order valence-electron chi connectivity index (χ3n) is 2.29. The predicted molar refractivity (Wildman–Crippen MR) is 89.7 cm³/mol. The Morgan fingerprint density at radius 3 is 1.52 bits per heavy atom. The zero-order valence-corrected chi connectivity index (χ0v) is 13.4. The molecule has 0 amide bonds. The summed E-state index contributed by atoms with van der Waals surface area (Å²) < 4.78 is 5.58. The molecule has 0 saturated heterocycles. The smallest absolute Gasteiger partial charge is 0.303 e. The first-order chi connectivity index (χ1) is 11.0. The number of aliphatic carboxylic acids is 1. The van der Waals surface area contributed by atoms with Crippen molar-refractivity contribution in [2.24, 2.45) is 0 Å². The van der Waals surface area contributed by atoms with Crippen molar-refractivity contribution in [2.75, 3.05) is 6.61 Å². The molecule has 0 bridgehead atoms. The summed E-state index contributed by atoms with van der Waals surface area (Å²) in [6, 6.07) is 19.5. The average Bonchev–Trinajstić information content (AvgIpc) is 2.58. The summed E-state index contributed by atoms with van der Waals surface area (Å²) in [7, 11) is 0. The molecule has 0 aliphatic heterocycles. The van der Waals surface area contributed by atoms with Crippen LogP contribution >= 0.6 is 0 Å². The standard InChI is InChI=1S/C12H10O.C3H8O2.C3H6O2/c1-3-7-11(8-4-1)13-12-9-5-2-6-10-12;1-3(5)2-4;1-2-3(4)5/h1-10H;3-5H,2H2,1H3;2H2,1H3,(H,4,5). The maximum atomic E-state index is 9.37. The first-order valence-electron chi connectivity index (χ1n) is 7.28. The molecule has 126 valence electrons. The maximum absolute atomic E-state index is 9.37. The van der Waals surface area contributed by atoms with E-state index in [1.807, 2.05) is 60.7 Å². The van der Waals surface area contributed by atoms with E-state index >= 15 is 0 Å². The zero-order chi connectivity index (χ0) is 17.5. The molecular formula is C18H24O5. The molecule has 0 fully saturated rings. The van der Waals surface area contributed by atoms with Crippen molar-refractivity contribution >= 4 is 5.97 Å². The van der Waals surface area contributed by atoms with E-state index < -0.39 is 12.1 Å². The minimum Gasteiger partial charge on any atom is -0.481 e. The number of carbonyl (C=O) groups is 1. The van der Waals surface area contributed by atoms with Crippen LogP contribution in [-0.2, 0) is 4.79 Å². The summed E-state index contributed by atoms with van der Waals surface area (Å²) in [6.07, 6.45) is -0.338. The second-order valence-electron chi connectivity index (χ2n) is 4.51. The first kappa shape index (κ1) is 20.6. The Bertz CT molecular complexity index is 474. The van der Waals surface area contributed by atoms with Crippen LogP contribution in [0.5, 0.6) is 11.5 Å². The van der Waals surface area contributed by atoms with Crippen LogP contribution in [0.3, 0.4) is 0 Å². The van der Waals surface area contributed by atoms with Crippen LogP contribution in [0.2, 0.25) is 0 Å². The highest BCUT2D eigenvalue weighted by molar-refractivity contribution is 5.66. The molecule has 2 aromatic carbocycles. The van der Waals surface area contributed by atoms with Crippen molar-refractivity contribution in [3.63, 3.8) is 0 Å². The molecule has 2 aromatic rings. The lowest BCUT2D eigenvalue weighted by molar-refractivity contribution is -0.136. The lowest BCUT2D eigenvalue weighted by Crippen LogP contribution is -2.03. The van der Waals surface area contributed by atoms with Gasteiger partial charge >= 0.3 is 5.97 Å². The quantitative estimate of drug-likeness (QED) is 0.804. The largest absolute Gasteiger partial charge is 0.481 e. The molecule has 0 aromatic heterocycles. The number of para-hydroxylation sites is 2. The van der Waals surface area contributed by atoms with Crippen molar-refractivity contribution < 1.29 is 24.9 Å². The fourth-order valence-electron chi connectivity index (χ4n) is 1.11. The van der Waals surface area contributed by atoms with Gasteiger partial charge in [-0.25, -0.2) is 0 Å². The second-order valence-corrected chi connectivity index (χ2v) is 4.51. The molecule has 0 saturated carbocycles. The van der Waals surface area contributed by atoms with Crippen molar-refractivity contribution in [2.45, 2.75) is 26.4 Å². The summed E-state index contributed by atoms with van der Waals surface area (Å²) in [6.45, 7) is 2.99. The van der Waals surface area contributed by atoms with Crippen LogP contribution in [0.4, 0.5) is 0 Å². The summed E-state index contributed by atoms with van der Waals surface area (Å²) in [5.74, 6) is 0.993. The first-order valence-corrected chi connectivity index (χ1v) is 7.28. The molecule has 2 rings (SSSR count). The molecular weight excluding hydrogens is 296 g/mol. The van der Waals surface area contributed by atoms with Crippen molar-refractivity contribution in [1.82, 2.24) is 0 Å². The molecule has 0 radical (unpaired) electrons. The number of ether oxygens (including phenoxy) is 1. The second kappa shape index (κ2) is 13.3. The van der Waals surface area contributed by atoms with E-state index in [0.717, 1.165) is 11.5 Å². The van der Waals surface area contributed by atoms with Gasteiger partial charge in [-0.15, -0.1) is 0 Å². The fourth-order valence-corrected chi connectivity index (χ4v) is 1.11. The Morgan fingerprint density at radius 1 is 1.00 bits per heavy atom. The van der Waals surface area contributed by atoms with E-state index in [1.165, 1.54) is 6.92 Å². The van der Waals surface area contributed by atoms with Gasteiger partial charge in [0.2, 0.25) is 0 Å². The molecule has 0 spiro atoms. The van der Waals surface area contributed by atoms with Crippen molar-refractivity contribution in [1.29, 1.82) is 0 Å². The van der Waals surface area contributed by atoms with Gasteiger partial charge in [-0.05, 0) is 31.2 Å². The predicted octanol–water partition coefficient (Wildman–Crippen LogP) is 3.32. The van der Waals surface area contributed by atoms with Gasteiger partial charge in [-0.2, -0.15) is 0 Å². The Balaban J connectivity index is 0.000000406. The monoisotopic (exact) mass is 320 g/mol. The van der Waals surface area contributed by atoms with Crippen molar-refractivity contribution in [3.05, 3.63) is 60.7 Å². The minimum absolute atomic E-state index is 0.139. The van der Waals surface area contributed by atoms with Crippen LogP contribution in [0.15, 0.2) is 60.7 Å². The van der Waals surface area contributed by atoms with Gasteiger partial charge in [-0.3, -0.25) is 4.79 Å². The SMILES string of the molecule is CC(O)CO.CCC(=O)O.c1ccc(Oc2ccccc2)cc1. The van der Waals surface area contributed by atoms with E-state index in [0.29, 0.717) is 0 Å². The van der Waals surface area contributed by atoms with Crippen LogP contribution in [-0.4, -0.2) is 34.0 Å². The van der Waals surface area contributed by atoms with Crippen LogP contribution in [0, 0.1) is 0 Å². The van der Waals surface area contributed by atoms with Crippen molar-refractivity contribution in [3.8, 4) is 11.5 Å². The van der Waals surface area contributed by atoms with Gasteiger partial charge in [0.15, 0.2) is 0 Å². The highest BCUT2D eigenvalue weighted by Gasteiger charge is 1.92. The highest BCUT2D eigenvalue weighted by Crippen LogP contribution is 2.19. The summed E-state index contributed by atoms with van der Waals surface area (Å²) in [5.41, 5.74) is 0. The lowest BCUT2D eigenvalue weighted by Gasteiger charge is -2.03. The van der Waals surface area contributed by atoms with E-state index in [1.54, 1.807) is 6.92 Å². The topological polar surface area (TPSA) is 87.0 Å². The molecule has 0 aliphatic rings. The van der Waals surface area contributed by atoms with Crippen LogP contribution < -0.4 is 4.74 Å². The lowest BCUT2D eigenvalue weighted by atomic mass is 10.3. The molecule has 1 atom stereocenters. The van der Waals surface area contributed by atoms with E-state index in [-0.39, 0.29) is 13.0 Å². The molecule has 0 aliphatic carbocycles. The summed E-state index contributed by atoms with van der Waals surface area (Å²) in [5, 5.41) is 23.7. The van der Waals surface area contributed by atoms with Crippen LogP contribution in [0.25, 0.3) is 0 Å². The Morgan fingerprint density at radius 2 is 1.30 bits per heavy atom. The van der Waals surface area contributed by atoms with Gasteiger partial charge in [-0.1, -0.05) is 43.3 Å². The third kappa shape index (κ3) is 13.0. The number of carboxylic acid groups (broad SMARTS) is 1. The minimum atomic E-state index is -0.745. The molecule has 3 N–H and O–H groups in total. The number of hydrogen-bond donors (Lipinski definition) is 3. The number of aliphatic hydroxyl groups excluding tert-OH is 2. The molecule has 5 heteroatoms. The molecule has 5 nitrogen and oxygen atoms in total. The highest BCUT2D eigenvalue weighted by atomic mass is 16.5. The molecule has 1 unspecified atom stereocenters. The Kier molecular flexibility index (Phi) is 11.9. The fraction of sp³-hybridized carbons (Fsp3) is 0.278. The number of aliphatic hydroxyl groups is 2.